The first-order valence-corrected chi connectivity index (χ1v) is 10.3. The van der Waals surface area contributed by atoms with Crippen LogP contribution < -0.4 is 15.0 Å². The van der Waals surface area contributed by atoms with E-state index in [0.29, 0.717) is 25.3 Å². The summed E-state index contributed by atoms with van der Waals surface area (Å²) in [5.41, 5.74) is 2.05. The van der Waals surface area contributed by atoms with Crippen LogP contribution in [0.3, 0.4) is 0 Å². The van der Waals surface area contributed by atoms with Crippen molar-refractivity contribution in [3.8, 4) is 5.75 Å². The summed E-state index contributed by atoms with van der Waals surface area (Å²) in [5.74, 6) is 3.16. The molecule has 0 spiro atoms. The molecule has 1 N–H and O–H groups in total. The van der Waals surface area contributed by atoms with Gasteiger partial charge in [-0.1, -0.05) is 18.2 Å². The van der Waals surface area contributed by atoms with Gasteiger partial charge in [0.15, 0.2) is 11.6 Å². The van der Waals surface area contributed by atoms with Gasteiger partial charge in [0.05, 0.1) is 13.5 Å². The Balaban J connectivity index is 1.30. The Morgan fingerprint density at radius 1 is 1.03 bits per heavy atom. The number of nitrogens with zero attached hydrogens (tertiary/aromatic N) is 5. The van der Waals surface area contributed by atoms with E-state index in [4.69, 9.17) is 4.74 Å². The van der Waals surface area contributed by atoms with Crippen LogP contribution in [0.5, 0.6) is 5.75 Å². The Morgan fingerprint density at radius 3 is 2.52 bits per heavy atom. The number of rotatable bonds is 6. The van der Waals surface area contributed by atoms with E-state index in [2.05, 4.69) is 25.4 Å². The molecule has 160 valence electrons. The molecule has 0 atom stereocenters. The minimum Gasteiger partial charge on any atom is -0.496 e. The maximum Gasteiger partial charge on any atom is 0.227 e. The van der Waals surface area contributed by atoms with Gasteiger partial charge in [0.1, 0.15) is 11.6 Å². The molecule has 1 fully saturated rings. The third-order valence-electron chi connectivity index (χ3n) is 5.34. The first-order valence-electron chi connectivity index (χ1n) is 10.3. The number of aryl methyl sites for hydroxylation is 1. The second kappa shape index (κ2) is 9.42. The average Bonchev–Trinajstić information content (AvgIpc) is 2.80. The van der Waals surface area contributed by atoms with Crippen molar-refractivity contribution in [3.63, 3.8) is 0 Å². The summed E-state index contributed by atoms with van der Waals surface area (Å²) in [4.78, 5) is 21.0. The molecule has 8 nitrogen and oxygen atoms in total. The van der Waals surface area contributed by atoms with E-state index in [-0.39, 0.29) is 5.91 Å². The normalized spacial score (nSPS) is 13.7. The summed E-state index contributed by atoms with van der Waals surface area (Å²) in [6.07, 6.45) is 2.12. The van der Waals surface area contributed by atoms with Crippen LogP contribution in [0.4, 0.5) is 17.5 Å². The number of carbonyl (C=O) groups is 1. The Hall–Kier alpha value is -3.68. The summed E-state index contributed by atoms with van der Waals surface area (Å²) >= 11 is 0. The number of ether oxygens (including phenoxy) is 1. The van der Waals surface area contributed by atoms with Gasteiger partial charge in [0.25, 0.3) is 0 Å². The number of aromatic nitrogens is 3. The van der Waals surface area contributed by atoms with Gasteiger partial charge in [0, 0.05) is 32.4 Å². The third-order valence-corrected chi connectivity index (χ3v) is 5.34. The number of anilines is 3. The van der Waals surface area contributed by atoms with Gasteiger partial charge < -0.3 is 19.9 Å². The second-order valence-corrected chi connectivity index (χ2v) is 7.47. The Kier molecular flexibility index (Phi) is 6.26. The van der Waals surface area contributed by atoms with E-state index >= 15 is 0 Å². The summed E-state index contributed by atoms with van der Waals surface area (Å²) in [6.45, 7) is 4.79. The molecule has 1 aliphatic rings. The molecule has 0 radical (unpaired) electrons. The highest BCUT2D eigenvalue weighted by atomic mass is 16.5. The van der Waals surface area contributed by atoms with Gasteiger partial charge in [-0.2, -0.15) is 0 Å². The fourth-order valence-electron chi connectivity index (χ4n) is 3.65. The molecule has 3 heterocycles. The standard InChI is InChI=1S/C23H26N6O2/c1-17-15-18(6-7-19(17)31-2)16-23(30)29-13-11-28(12-14-29)22-9-8-21(26-27-22)25-20-5-3-4-10-24-20/h3-10,15H,11-14,16H2,1-2H3,(H,24,25,26). The highest BCUT2D eigenvalue weighted by Gasteiger charge is 2.22. The minimum absolute atomic E-state index is 0.144. The zero-order valence-corrected chi connectivity index (χ0v) is 17.8. The zero-order valence-electron chi connectivity index (χ0n) is 17.8. The lowest BCUT2D eigenvalue weighted by Gasteiger charge is -2.35. The Bertz CT molecular complexity index is 1020. The average molecular weight is 419 g/mol. The fourth-order valence-corrected chi connectivity index (χ4v) is 3.65. The topological polar surface area (TPSA) is 83.5 Å². The van der Waals surface area contributed by atoms with E-state index in [1.54, 1.807) is 13.3 Å². The predicted molar refractivity (Wildman–Crippen MR) is 120 cm³/mol. The van der Waals surface area contributed by atoms with E-state index < -0.39 is 0 Å². The SMILES string of the molecule is COc1ccc(CC(=O)N2CCN(c3ccc(Nc4ccccn4)nn3)CC2)cc1C. The molecule has 2 aromatic heterocycles. The molecule has 1 amide bonds. The second-order valence-electron chi connectivity index (χ2n) is 7.47. The van der Waals surface area contributed by atoms with E-state index in [1.165, 1.54) is 0 Å². The molecule has 8 heteroatoms. The number of piperazine rings is 1. The molecular formula is C23H26N6O2. The highest BCUT2D eigenvalue weighted by Crippen LogP contribution is 2.20. The summed E-state index contributed by atoms with van der Waals surface area (Å²) in [6, 6.07) is 15.4. The minimum atomic E-state index is 0.144. The number of hydrogen-bond donors (Lipinski definition) is 1. The fraction of sp³-hybridized carbons (Fsp3) is 0.304. The van der Waals surface area contributed by atoms with Crippen molar-refractivity contribution in [2.45, 2.75) is 13.3 Å². The first-order chi connectivity index (χ1) is 15.1. The van der Waals surface area contributed by atoms with Gasteiger partial charge in [-0.05, 0) is 48.4 Å². The maximum atomic E-state index is 12.7. The molecule has 1 aliphatic heterocycles. The van der Waals surface area contributed by atoms with Crippen molar-refractivity contribution in [3.05, 3.63) is 65.9 Å². The zero-order chi connectivity index (χ0) is 21.6. The van der Waals surface area contributed by atoms with Crippen molar-refractivity contribution >= 4 is 23.4 Å². The number of carbonyl (C=O) groups excluding carboxylic acids is 1. The molecular weight excluding hydrogens is 392 g/mol. The van der Waals surface area contributed by atoms with Gasteiger partial charge >= 0.3 is 0 Å². The lowest BCUT2D eigenvalue weighted by atomic mass is 10.1. The smallest absolute Gasteiger partial charge is 0.227 e. The van der Waals surface area contributed by atoms with Crippen LogP contribution in [0, 0.1) is 6.92 Å². The van der Waals surface area contributed by atoms with Crippen molar-refractivity contribution in [1.29, 1.82) is 0 Å². The monoisotopic (exact) mass is 418 g/mol. The summed E-state index contributed by atoms with van der Waals surface area (Å²) in [5, 5.41) is 11.7. The van der Waals surface area contributed by atoms with Crippen molar-refractivity contribution in [2.75, 3.05) is 43.5 Å². The number of pyridine rings is 1. The quantitative estimate of drug-likeness (QED) is 0.659. The number of nitrogens with one attached hydrogen (secondary N) is 1. The molecule has 3 aromatic rings. The van der Waals surface area contributed by atoms with Crippen molar-refractivity contribution < 1.29 is 9.53 Å². The third kappa shape index (κ3) is 5.09. The molecule has 0 bridgehead atoms. The predicted octanol–water partition coefficient (Wildman–Crippen LogP) is 2.82. The summed E-state index contributed by atoms with van der Waals surface area (Å²) in [7, 11) is 1.65. The number of methoxy groups -OCH3 is 1. The molecule has 0 saturated carbocycles. The van der Waals surface area contributed by atoms with Crippen LogP contribution in [0.15, 0.2) is 54.7 Å². The van der Waals surface area contributed by atoms with E-state index in [0.717, 1.165) is 41.6 Å². The van der Waals surface area contributed by atoms with Crippen LogP contribution in [-0.4, -0.2) is 59.3 Å². The molecule has 1 saturated heterocycles. The van der Waals surface area contributed by atoms with Crippen LogP contribution >= 0.6 is 0 Å². The Labute approximate surface area is 181 Å². The highest BCUT2D eigenvalue weighted by molar-refractivity contribution is 5.79. The molecule has 0 unspecified atom stereocenters. The lowest BCUT2D eigenvalue weighted by molar-refractivity contribution is -0.130. The number of hydrogen-bond acceptors (Lipinski definition) is 7. The number of benzene rings is 1. The van der Waals surface area contributed by atoms with Crippen LogP contribution in [0.1, 0.15) is 11.1 Å². The van der Waals surface area contributed by atoms with Crippen molar-refractivity contribution in [1.82, 2.24) is 20.1 Å². The summed E-state index contributed by atoms with van der Waals surface area (Å²) < 4.78 is 5.29. The largest absolute Gasteiger partial charge is 0.496 e. The molecule has 0 aliphatic carbocycles. The van der Waals surface area contributed by atoms with E-state index in [9.17, 15) is 4.79 Å². The van der Waals surface area contributed by atoms with Gasteiger partial charge in [-0.25, -0.2) is 4.98 Å². The van der Waals surface area contributed by atoms with Gasteiger partial charge in [0.2, 0.25) is 5.91 Å². The van der Waals surface area contributed by atoms with Crippen molar-refractivity contribution in [2.24, 2.45) is 0 Å². The van der Waals surface area contributed by atoms with Gasteiger partial charge in [-0.3, -0.25) is 4.79 Å². The molecule has 1 aromatic carbocycles. The van der Waals surface area contributed by atoms with Crippen LogP contribution in [-0.2, 0) is 11.2 Å². The van der Waals surface area contributed by atoms with E-state index in [1.807, 2.05) is 60.4 Å². The number of amides is 1. The molecule has 31 heavy (non-hydrogen) atoms. The Morgan fingerprint density at radius 2 is 1.87 bits per heavy atom. The van der Waals surface area contributed by atoms with Gasteiger partial charge in [-0.15, -0.1) is 10.2 Å². The maximum absolute atomic E-state index is 12.7. The molecule has 4 rings (SSSR count). The lowest BCUT2D eigenvalue weighted by Crippen LogP contribution is -2.49. The first kappa shape index (κ1) is 20.6. The van der Waals surface area contributed by atoms with Crippen LogP contribution in [0.25, 0.3) is 0 Å². The van der Waals surface area contributed by atoms with Crippen LogP contribution in [0.2, 0.25) is 0 Å².